The van der Waals surface area contributed by atoms with Crippen molar-refractivity contribution in [1.29, 1.82) is 0 Å². The maximum Gasteiger partial charge on any atom is 0.184 e. The Hall–Kier alpha value is -1.96. The molecule has 0 radical (unpaired) electrons. The molecule has 0 atom stereocenters. The van der Waals surface area contributed by atoms with Gasteiger partial charge in [-0.15, -0.1) is 5.10 Å². The van der Waals surface area contributed by atoms with Gasteiger partial charge >= 0.3 is 0 Å². The maximum absolute atomic E-state index is 11.2. The molecule has 1 aromatic carbocycles. The number of aryl methyl sites for hydroxylation is 2. The molecule has 0 saturated heterocycles. The Morgan fingerprint density at radius 2 is 2.11 bits per heavy atom. The van der Waals surface area contributed by atoms with Crippen LogP contribution in [0.25, 0.3) is 11.4 Å². The number of nitrogens with zero attached hydrogens (tertiary/aromatic N) is 4. The molecule has 0 unspecified atom stereocenters. The van der Waals surface area contributed by atoms with Crippen molar-refractivity contribution < 1.29 is 8.42 Å². The molecule has 1 aromatic heterocycles. The third-order valence-corrected chi connectivity index (χ3v) is 3.69. The van der Waals surface area contributed by atoms with Crippen LogP contribution in [0.4, 0.5) is 5.69 Å². The minimum absolute atomic E-state index is 0.0171. The average Bonchev–Trinajstić information content (AvgIpc) is 2.77. The van der Waals surface area contributed by atoms with Gasteiger partial charge in [0.1, 0.15) is 9.84 Å². The molecule has 0 aliphatic rings. The van der Waals surface area contributed by atoms with Gasteiger partial charge in [-0.2, -0.15) is 0 Å². The molecule has 2 rings (SSSR count). The monoisotopic (exact) mass is 281 g/mol. The number of para-hydroxylation sites is 1. The van der Waals surface area contributed by atoms with Gasteiger partial charge in [0.05, 0.1) is 12.3 Å². The first-order chi connectivity index (χ1) is 8.88. The highest BCUT2D eigenvalue weighted by Gasteiger charge is 2.14. The van der Waals surface area contributed by atoms with Crippen LogP contribution in [0, 0.1) is 6.92 Å². The number of hydrogen-bond donors (Lipinski definition) is 1. The molecule has 0 bridgehead atoms. The molecule has 0 saturated carbocycles. The van der Waals surface area contributed by atoms with E-state index in [1.54, 1.807) is 0 Å². The number of anilines is 1. The standard InChI is InChI=1S/C11H15N5O2S/c1-8-4-3-5-9(10(8)12)11-13-14-15-16(11)6-7-19(2,17)18/h3-5H,6-7,12H2,1-2H3. The van der Waals surface area contributed by atoms with Crippen LogP contribution in [0.5, 0.6) is 0 Å². The zero-order valence-electron chi connectivity index (χ0n) is 10.7. The summed E-state index contributed by atoms with van der Waals surface area (Å²) in [6, 6.07) is 5.56. The van der Waals surface area contributed by atoms with E-state index in [2.05, 4.69) is 15.5 Å². The number of hydrogen-bond acceptors (Lipinski definition) is 6. The fourth-order valence-electron chi connectivity index (χ4n) is 1.68. The quantitative estimate of drug-likeness (QED) is 0.807. The molecule has 0 spiro atoms. The highest BCUT2D eigenvalue weighted by atomic mass is 32.2. The fraction of sp³-hybridized carbons (Fsp3) is 0.364. The van der Waals surface area contributed by atoms with Crippen molar-refractivity contribution in [3.05, 3.63) is 23.8 Å². The van der Waals surface area contributed by atoms with Crippen LogP contribution in [-0.4, -0.2) is 40.6 Å². The topological polar surface area (TPSA) is 104 Å². The molecule has 8 heteroatoms. The van der Waals surface area contributed by atoms with E-state index in [1.165, 1.54) is 10.9 Å². The molecule has 102 valence electrons. The Kier molecular flexibility index (Phi) is 3.52. The van der Waals surface area contributed by atoms with E-state index in [4.69, 9.17) is 5.73 Å². The summed E-state index contributed by atoms with van der Waals surface area (Å²) in [6.07, 6.45) is 1.18. The van der Waals surface area contributed by atoms with Crippen molar-refractivity contribution in [3.8, 4) is 11.4 Å². The number of nitrogen functional groups attached to an aromatic ring is 1. The van der Waals surface area contributed by atoms with E-state index in [0.29, 0.717) is 17.1 Å². The second kappa shape index (κ2) is 4.96. The molecule has 2 N–H and O–H groups in total. The lowest BCUT2D eigenvalue weighted by Gasteiger charge is -2.08. The van der Waals surface area contributed by atoms with Gasteiger partial charge in [0, 0.05) is 17.5 Å². The van der Waals surface area contributed by atoms with Crippen molar-refractivity contribution >= 4 is 15.5 Å². The Balaban J connectivity index is 2.36. The second-order valence-corrected chi connectivity index (χ2v) is 6.65. The van der Waals surface area contributed by atoms with E-state index >= 15 is 0 Å². The number of rotatable bonds is 4. The molecule has 0 amide bonds. The molecule has 0 aliphatic heterocycles. The lowest BCUT2D eigenvalue weighted by molar-refractivity contribution is 0.581. The first-order valence-electron chi connectivity index (χ1n) is 5.68. The average molecular weight is 281 g/mol. The van der Waals surface area contributed by atoms with Crippen LogP contribution in [0.1, 0.15) is 5.56 Å². The van der Waals surface area contributed by atoms with Crippen LogP contribution >= 0.6 is 0 Å². The lowest BCUT2D eigenvalue weighted by atomic mass is 10.1. The van der Waals surface area contributed by atoms with Gasteiger partial charge in [-0.05, 0) is 29.0 Å². The highest BCUT2D eigenvalue weighted by Crippen LogP contribution is 2.25. The lowest BCUT2D eigenvalue weighted by Crippen LogP contribution is -2.13. The number of tetrazole rings is 1. The van der Waals surface area contributed by atoms with Crippen LogP contribution in [-0.2, 0) is 16.4 Å². The summed E-state index contributed by atoms with van der Waals surface area (Å²) < 4.78 is 23.8. The first kappa shape index (κ1) is 13.5. The predicted octanol–water partition coefficient (Wildman–Crippen LogP) is 0.275. The Bertz CT molecular complexity index is 693. The summed E-state index contributed by atoms with van der Waals surface area (Å²) in [4.78, 5) is 0. The summed E-state index contributed by atoms with van der Waals surface area (Å²) >= 11 is 0. The summed E-state index contributed by atoms with van der Waals surface area (Å²) in [7, 11) is -3.07. The minimum atomic E-state index is -3.07. The summed E-state index contributed by atoms with van der Waals surface area (Å²) in [6.45, 7) is 2.10. The molecule has 0 fully saturated rings. The molecular formula is C11H15N5O2S. The zero-order valence-corrected chi connectivity index (χ0v) is 11.6. The summed E-state index contributed by atoms with van der Waals surface area (Å²) in [5.41, 5.74) is 8.23. The Morgan fingerprint density at radius 1 is 1.37 bits per heavy atom. The maximum atomic E-state index is 11.2. The minimum Gasteiger partial charge on any atom is -0.398 e. The fourth-order valence-corrected chi connectivity index (χ4v) is 2.18. The molecule has 2 aromatic rings. The van der Waals surface area contributed by atoms with Crippen molar-refractivity contribution in [2.45, 2.75) is 13.5 Å². The van der Waals surface area contributed by atoms with Crippen molar-refractivity contribution in [3.63, 3.8) is 0 Å². The van der Waals surface area contributed by atoms with Gasteiger partial charge in [0.25, 0.3) is 0 Å². The van der Waals surface area contributed by atoms with Gasteiger partial charge in [-0.3, -0.25) is 0 Å². The molecule has 1 heterocycles. The van der Waals surface area contributed by atoms with E-state index in [9.17, 15) is 8.42 Å². The SMILES string of the molecule is Cc1cccc(-c2nnnn2CCS(C)(=O)=O)c1N. The van der Waals surface area contributed by atoms with Crippen molar-refractivity contribution in [2.24, 2.45) is 0 Å². The predicted molar refractivity (Wildman–Crippen MR) is 72.1 cm³/mol. The zero-order chi connectivity index (χ0) is 14.0. The molecule has 7 nitrogen and oxygen atoms in total. The van der Waals surface area contributed by atoms with Crippen LogP contribution in [0.15, 0.2) is 18.2 Å². The number of sulfone groups is 1. The normalized spacial score (nSPS) is 11.7. The van der Waals surface area contributed by atoms with Gasteiger partial charge in [-0.25, -0.2) is 13.1 Å². The van der Waals surface area contributed by atoms with E-state index in [1.807, 2.05) is 25.1 Å². The molecular weight excluding hydrogens is 266 g/mol. The number of nitrogens with two attached hydrogens (primary N) is 1. The Morgan fingerprint density at radius 3 is 2.79 bits per heavy atom. The smallest absolute Gasteiger partial charge is 0.184 e. The second-order valence-electron chi connectivity index (χ2n) is 4.39. The Labute approximate surface area is 111 Å². The van der Waals surface area contributed by atoms with E-state index < -0.39 is 9.84 Å². The van der Waals surface area contributed by atoms with E-state index in [0.717, 1.165) is 5.56 Å². The molecule has 0 aliphatic carbocycles. The van der Waals surface area contributed by atoms with Gasteiger partial charge in [0.2, 0.25) is 0 Å². The largest absolute Gasteiger partial charge is 0.398 e. The first-order valence-corrected chi connectivity index (χ1v) is 7.74. The third kappa shape index (κ3) is 3.08. The van der Waals surface area contributed by atoms with Gasteiger partial charge in [0.15, 0.2) is 5.82 Å². The van der Waals surface area contributed by atoms with E-state index in [-0.39, 0.29) is 12.3 Å². The summed E-state index contributed by atoms with van der Waals surface area (Å²) in [5.74, 6) is 0.460. The van der Waals surface area contributed by atoms with Gasteiger partial charge < -0.3 is 5.73 Å². The van der Waals surface area contributed by atoms with Crippen LogP contribution < -0.4 is 5.73 Å². The summed E-state index contributed by atoms with van der Waals surface area (Å²) in [5, 5.41) is 11.3. The van der Waals surface area contributed by atoms with Crippen LogP contribution in [0.2, 0.25) is 0 Å². The van der Waals surface area contributed by atoms with Gasteiger partial charge in [-0.1, -0.05) is 12.1 Å². The van der Waals surface area contributed by atoms with Crippen LogP contribution in [0.3, 0.4) is 0 Å². The highest BCUT2D eigenvalue weighted by molar-refractivity contribution is 7.90. The third-order valence-electron chi connectivity index (χ3n) is 2.77. The van der Waals surface area contributed by atoms with Crippen molar-refractivity contribution in [1.82, 2.24) is 20.2 Å². The number of benzene rings is 1. The van der Waals surface area contributed by atoms with Crippen molar-refractivity contribution in [2.75, 3.05) is 17.7 Å². The molecule has 19 heavy (non-hydrogen) atoms. The number of aromatic nitrogens is 4.